The highest BCUT2D eigenvalue weighted by atomic mass is 16.5. The number of Topliss-reactive ketones (excluding diaryl/α,β-unsaturated/α-hetero) is 1. The molecular weight excluding hydrogens is 442 g/mol. The van der Waals surface area contributed by atoms with Gasteiger partial charge in [0.1, 0.15) is 5.75 Å². The highest BCUT2D eigenvalue weighted by molar-refractivity contribution is 6.03. The Morgan fingerprint density at radius 1 is 1.34 bits per heavy atom. The minimum atomic E-state index is -0.798. The number of nitrogens with zero attached hydrogens (tertiary/aromatic N) is 1. The summed E-state index contributed by atoms with van der Waals surface area (Å²) in [5.41, 5.74) is 1.78. The van der Waals surface area contributed by atoms with Gasteiger partial charge in [0.15, 0.2) is 5.78 Å². The molecule has 1 saturated heterocycles. The Morgan fingerprint density at radius 2 is 2.17 bits per heavy atom. The van der Waals surface area contributed by atoms with E-state index in [1.165, 1.54) is 0 Å². The van der Waals surface area contributed by atoms with E-state index >= 15 is 0 Å². The number of hydrogen-bond acceptors (Lipinski definition) is 5. The van der Waals surface area contributed by atoms with E-state index in [4.69, 9.17) is 4.74 Å². The molecule has 7 nitrogen and oxygen atoms in total. The van der Waals surface area contributed by atoms with Crippen LogP contribution in [0.2, 0.25) is 0 Å². The molecule has 1 aliphatic heterocycles. The molecule has 0 aromatic heterocycles. The van der Waals surface area contributed by atoms with Crippen molar-refractivity contribution in [3.8, 4) is 11.8 Å². The van der Waals surface area contributed by atoms with Crippen LogP contribution in [0.25, 0.3) is 6.08 Å². The third-order valence-electron chi connectivity index (χ3n) is 9.25. The second-order valence-electron chi connectivity index (χ2n) is 11.2. The number of amides is 2. The summed E-state index contributed by atoms with van der Waals surface area (Å²) in [4.78, 5) is 39.4. The fraction of sp³-hybridized carbons (Fsp3) is 0.571. The molecule has 7 heteroatoms. The van der Waals surface area contributed by atoms with Crippen LogP contribution in [0.4, 0.5) is 0 Å². The van der Waals surface area contributed by atoms with Gasteiger partial charge >= 0.3 is 0 Å². The van der Waals surface area contributed by atoms with Gasteiger partial charge in [-0.25, -0.2) is 0 Å². The average Bonchev–Trinajstić information content (AvgIpc) is 3.18. The summed E-state index contributed by atoms with van der Waals surface area (Å²) in [5.74, 6) is 1.35. The molecule has 4 aliphatic carbocycles. The monoisotopic (exact) mass is 473 g/mol. The Morgan fingerprint density at radius 3 is 2.91 bits per heavy atom. The van der Waals surface area contributed by atoms with E-state index in [9.17, 15) is 19.6 Å². The molecule has 6 unspecified atom stereocenters. The van der Waals surface area contributed by atoms with E-state index in [-0.39, 0.29) is 35.9 Å². The maximum Gasteiger partial charge on any atom is 0.248 e. The SMILES string of the molecule is COc1cccc2c1C=C(C(=O)NC(CC1CC1)C(=O)CC1(C#N)CC3CC1C1C(=O)NCC31)C2. The van der Waals surface area contributed by atoms with Crippen LogP contribution in [0.5, 0.6) is 5.75 Å². The molecule has 6 rings (SSSR count). The lowest BCUT2D eigenvalue weighted by molar-refractivity contribution is -0.130. The maximum absolute atomic E-state index is 13.6. The van der Waals surface area contributed by atoms with Crippen molar-refractivity contribution in [3.63, 3.8) is 0 Å². The Labute approximate surface area is 205 Å². The summed E-state index contributed by atoms with van der Waals surface area (Å²) >= 11 is 0. The van der Waals surface area contributed by atoms with Crippen LogP contribution in [0.1, 0.15) is 49.7 Å². The van der Waals surface area contributed by atoms with Gasteiger partial charge < -0.3 is 15.4 Å². The number of hydrogen-bond donors (Lipinski definition) is 2. The van der Waals surface area contributed by atoms with E-state index in [0.29, 0.717) is 49.1 Å². The van der Waals surface area contributed by atoms with Crippen LogP contribution < -0.4 is 15.4 Å². The van der Waals surface area contributed by atoms with Crippen molar-refractivity contribution in [3.05, 3.63) is 34.9 Å². The van der Waals surface area contributed by atoms with Gasteiger partial charge in [0.25, 0.3) is 0 Å². The third-order valence-corrected chi connectivity index (χ3v) is 9.25. The molecule has 0 spiro atoms. The Kier molecular flexibility index (Phi) is 5.24. The average molecular weight is 474 g/mol. The number of carbonyl (C=O) groups is 3. The van der Waals surface area contributed by atoms with Crippen molar-refractivity contribution in [2.75, 3.05) is 13.7 Å². The minimum Gasteiger partial charge on any atom is -0.496 e. The summed E-state index contributed by atoms with van der Waals surface area (Å²) in [7, 11) is 1.62. The van der Waals surface area contributed by atoms with Gasteiger partial charge in [-0.1, -0.05) is 25.0 Å². The number of carbonyl (C=O) groups excluding carboxylic acids is 3. The van der Waals surface area contributed by atoms with E-state index in [2.05, 4.69) is 16.7 Å². The molecule has 2 bridgehead atoms. The first-order chi connectivity index (χ1) is 16.9. The lowest BCUT2D eigenvalue weighted by Gasteiger charge is -2.36. The topological polar surface area (TPSA) is 108 Å². The van der Waals surface area contributed by atoms with Gasteiger partial charge in [0.2, 0.25) is 11.8 Å². The first kappa shape index (κ1) is 22.3. The predicted octanol–water partition coefficient (Wildman–Crippen LogP) is 2.79. The number of nitriles is 1. The largest absolute Gasteiger partial charge is 0.496 e. The molecule has 2 N–H and O–H groups in total. The van der Waals surface area contributed by atoms with Crippen LogP contribution in [-0.2, 0) is 20.8 Å². The predicted molar refractivity (Wildman–Crippen MR) is 128 cm³/mol. The number of rotatable bonds is 8. The van der Waals surface area contributed by atoms with Crippen molar-refractivity contribution in [2.45, 2.75) is 51.0 Å². The minimum absolute atomic E-state index is 0.0419. The van der Waals surface area contributed by atoms with Crippen molar-refractivity contribution < 1.29 is 19.1 Å². The normalized spacial score (nSPS) is 32.8. The number of nitrogens with one attached hydrogen (secondary N) is 2. The standard InChI is InChI=1S/C28H31N3O4/c1-35-24-4-2-3-16-8-17(9-19(16)24)26(33)31-22(7-15-5-6-15)23(32)12-28(14-29)11-18-10-21(28)25-20(18)13-30-27(25)34/h2-4,9,15,18,20-22,25H,5-8,10-13H2,1H3,(H,30,34)(H,31,33). The molecule has 1 heterocycles. The maximum atomic E-state index is 13.6. The zero-order chi connectivity index (χ0) is 24.3. The first-order valence-electron chi connectivity index (χ1n) is 12.8. The van der Waals surface area contributed by atoms with Crippen LogP contribution >= 0.6 is 0 Å². The highest BCUT2D eigenvalue weighted by Gasteiger charge is 2.64. The van der Waals surface area contributed by atoms with Gasteiger partial charge in [-0.15, -0.1) is 0 Å². The molecule has 1 aromatic carbocycles. The van der Waals surface area contributed by atoms with Crippen molar-refractivity contribution in [2.24, 2.45) is 35.0 Å². The van der Waals surface area contributed by atoms with E-state index < -0.39 is 11.5 Å². The van der Waals surface area contributed by atoms with Crippen LogP contribution in [0.3, 0.4) is 0 Å². The smallest absolute Gasteiger partial charge is 0.248 e. The van der Waals surface area contributed by atoms with Crippen LogP contribution in [-0.4, -0.2) is 37.3 Å². The zero-order valence-corrected chi connectivity index (χ0v) is 20.0. The summed E-state index contributed by atoms with van der Waals surface area (Å²) in [6, 6.07) is 7.67. The van der Waals surface area contributed by atoms with E-state index in [1.54, 1.807) is 7.11 Å². The summed E-state index contributed by atoms with van der Waals surface area (Å²) in [6.45, 7) is 0.697. The molecule has 182 valence electrons. The van der Waals surface area contributed by atoms with Crippen molar-refractivity contribution in [1.82, 2.24) is 10.6 Å². The Balaban J connectivity index is 1.19. The third kappa shape index (κ3) is 3.65. The molecule has 6 atom stereocenters. The van der Waals surface area contributed by atoms with E-state index in [0.717, 1.165) is 36.1 Å². The van der Waals surface area contributed by atoms with Crippen molar-refractivity contribution >= 4 is 23.7 Å². The molecule has 0 radical (unpaired) electrons. The molecule has 4 fully saturated rings. The Bertz CT molecular complexity index is 1180. The van der Waals surface area contributed by atoms with Gasteiger partial charge in [0, 0.05) is 36.4 Å². The second-order valence-corrected chi connectivity index (χ2v) is 11.2. The summed E-state index contributed by atoms with van der Waals surface area (Å²) in [5, 5.41) is 16.2. The van der Waals surface area contributed by atoms with Gasteiger partial charge in [-0.05, 0) is 60.6 Å². The zero-order valence-electron chi connectivity index (χ0n) is 20.0. The summed E-state index contributed by atoms with van der Waals surface area (Å²) in [6.07, 6.45) is 6.78. The van der Waals surface area contributed by atoms with Gasteiger partial charge in [-0.3, -0.25) is 14.4 Å². The van der Waals surface area contributed by atoms with Gasteiger partial charge in [0.05, 0.1) is 24.6 Å². The van der Waals surface area contributed by atoms with Crippen molar-refractivity contribution in [1.29, 1.82) is 5.26 Å². The quantitative estimate of drug-likeness (QED) is 0.604. The molecule has 5 aliphatic rings. The fourth-order valence-corrected chi connectivity index (χ4v) is 7.35. The molecule has 35 heavy (non-hydrogen) atoms. The van der Waals surface area contributed by atoms with Crippen LogP contribution in [0, 0.1) is 46.3 Å². The lowest BCUT2D eigenvalue weighted by Crippen LogP contribution is -2.46. The highest BCUT2D eigenvalue weighted by Crippen LogP contribution is 2.63. The van der Waals surface area contributed by atoms with Gasteiger partial charge in [-0.2, -0.15) is 5.26 Å². The molecule has 1 aromatic rings. The number of benzene rings is 1. The molecule has 3 saturated carbocycles. The first-order valence-corrected chi connectivity index (χ1v) is 12.8. The number of fused-ring (bicyclic) bond motifs is 6. The Hall–Kier alpha value is -3.14. The second kappa shape index (κ2) is 8.22. The number of ether oxygens (including phenoxy) is 1. The fourth-order valence-electron chi connectivity index (χ4n) is 7.35. The van der Waals surface area contributed by atoms with Crippen LogP contribution in [0.15, 0.2) is 23.8 Å². The molecular formula is C28H31N3O4. The molecule has 2 amide bonds. The van der Waals surface area contributed by atoms with E-state index in [1.807, 2.05) is 24.3 Å². The lowest BCUT2D eigenvalue weighted by atomic mass is 9.63. The number of ketones is 1. The summed E-state index contributed by atoms with van der Waals surface area (Å²) < 4.78 is 5.44. The number of methoxy groups -OCH3 is 1.